The number of nitrogens with one attached hydrogen (secondary N) is 2. The van der Waals surface area contributed by atoms with E-state index < -0.39 is 17.6 Å². The number of hydrogen-bond acceptors (Lipinski definition) is 7. The highest BCUT2D eigenvalue weighted by Crippen LogP contribution is 2.35. The molecular formula is C30H31ClF3N7O. The topological polar surface area (TPSA) is 95.9 Å². The SMILES string of the molecule is Cc1ccc(NC(=O)c2ccc(CN3CC(C(C)C)C3)c(C(F)(F)F)c2)cc1Nc1nccc(-c2cncnc2)n1.Cl. The van der Waals surface area contributed by atoms with Crippen LogP contribution in [-0.2, 0) is 12.7 Å². The van der Waals surface area contributed by atoms with E-state index in [0.717, 1.165) is 30.3 Å². The number of carbonyl (C=O) groups is 1. The molecule has 4 aromatic rings. The zero-order valence-electron chi connectivity index (χ0n) is 23.3. The van der Waals surface area contributed by atoms with Crippen molar-refractivity contribution in [2.24, 2.45) is 11.8 Å². The minimum Gasteiger partial charge on any atom is -0.324 e. The van der Waals surface area contributed by atoms with Crippen molar-refractivity contribution in [1.29, 1.82) is 0 Å². The first-order chi connectivity index (χ1) is 19.6. The van der Waals surface area contributed by atoms with Crippen LogP contribution in [0.25, 0.3) is 11.3 Å². The van der Waals surface area contributed by atoms with E-state index in [1.54, 1.807) is 42.9 Å². The molecule has 1 aliphatic rings. The van der Waals surface area contributed by atoms with Gasteiger partial charge in [0.1, 0.15) is 6.33 Å². The Morgan fingerprint density at radius 3 is 2.50 bits per heavy atom. The number of nitrogens with zero attached hydrogens (tertiary/aromatic N) is 5. The molecule has 1 saturated heterocycles. The lowest BCUT2D eigenvalue weighted by Gasteiger charge is -2.42. The van der Waals surface area contributed by atoms with E-state index in [1.807, 2.05) is 11.8 Å². The molecule has 42 heavy (non-hydrogen) atoms. The molecule has 1 fully saturated rings. The average Bonchev–Trinajstić information content (AvgIpc) is 2.92. The average molecular weight is 598 g/mol. The Labute approximate surface area is 248 Å². The first kappa shape index (κ1) is 30.9. The molecular weight excluding hydrogens is 567 g/mol. The molecule has 8 nitrogen and oxygen atoms in total. The third kappa shape index (κ3) is 7.21. The Hall–Kier alpha value is -4.09. The lowest BCUT2D eigenvalue weighted by Crippen LogP contribution is -2.48. The molecule has 12 heteroatoms. The fourth-order valence-corrected chi connectivity index (χ4v) is 4.69. The molecule has 1 aliphatic heterocycles. The standard InChI is InChI=1S/C30H30F3N7O.ClH/c1-18(2)23-15-40(16-23)14-21-6-5-20(10-25(21)30(31,32)33)28(41)37-24-7-4-19(3)27(11-24)39-29-36-9-8-26(38-29)22-12-34-17-35-13-22;/h4-13,17-18,23H,14-16H2,1-3H3,(H,37,41)(H,36,38,39);1H. The summed E-state index contributed by atoms with van der Waals surface area (Å²) in [6.45, 7) is 7.87. The van der Waals surface area contributed by atoms with Gasteiger partial charge < -0.3 is 10.6 Å². The molecule has 5 rings (SSSR count). The van der Waals surface area contributed by atoms with Crippen molar-refractivity contribution in [3.8, 4) is 11.3 Å². The molecule has 3 heterocycles. The molecule has 1 amide bonds. The molecule has 0 atom stereocenters. The summed E-state index contributed by atoms with van der Waals surface area (Å²) in [7, 11) is 0. The number of aryl methyl sites for hydroxylation is 1. The third-order valence-corrected chi connectivity index (χ3v) is 7.25. The van der Waals surface area contributed by atoms with Crippen LogP contribution in [0.1, 0.15) is 40.9 Å². The summed E-state index contributed by atoms with van der Waals surface area (Å²) in [5.41, 5.74) is 2.56. The molecule has 0 unspecified atom stereocenters. The van der Waals surface area contributed by atoms with E-state index in [-0.39, 0.29) is 30.1 Å². The summed E-state index contributed by atoms with van der Waals surface area (Å²) in [5, 5.41) is 5.86. The lowest BCUT2D eigenvalue weighted by molar-refractivity contribution is -0.138. The molecule has 2 aromatic heterocycles. The number of anilines is 3. The number of hydrogen-bond donors (Lipinski definition) is 2. The van der Waals surface area contributed by atoms with Crippen LogP contribution in [0.2, 0.25) is 0 Å². The van der Waals surface area contributed by atoms with Crippen molar-refractivity contribution >= 4 is 35.6 Å². The number of alkyl halides is 3. The van der Waals surface area contributed by atoms with Crippen LogP contribution >= 0.6 is 12.4 Å². The van der Waals surface area contributed by atoms with Gasteiger partial charge in [-0.15, -0.1) is 12.4 Å². The Kier molecular flexibility index (Phi) is 9.43. The Morgan fingerprint density at radius 1 is 1.07 bits per heavy atom. The zero-order chi connectivity index (χ0) is 29.1. The van der Waals surface area contributed by atoms with Crippen molar-refractivity contribution in [2.75, 3.05) is 23.7 Å². The predicted octanol–water partition coefficient (Wildman–Crippen LogP) is 6.77. The van der Waals surface area contributed by atoms with Crippen LogP contribution in [0.4, 0.5) is 30.5 Å². The largest absolute Gasteiger partial charge is 0.416 e. The summed E-state index contributed by atoms with van der Waals surface area (Å²) in [4.78, 5) is 31.8. The van der Waals surface area contributed by atoms with Crippen LogP contribution < -0.4 is 10.6 Å². The third-order valence-electron chi connectivity index (χ3n) is 7.25. The highest BCUT2D eigenvalue weighted by atomic mass is 35.5. The van der Waals surface area contributed by atoms with Crippen LogP contribution in [0.15, 0.2) is 67.4 Å². The van der Waals surface area contributed by atoms with Gasteiger partial charge in [0.25, 0.3) is 5.91 Å². The molecule has 0 radical (unpaired) electrons. The van der Waals surface area contributed by atoms with E-state index in [2.05, 4.69) is 44.4 Å². The minimum atomic E-state index is -4.57. The highest BCUT2D eigenvalue weighted by molar-refractivity contribution is 6.04. The second-order valence-electron chi connectivity index (χ2n) is 10.6. The smallest absolute Gasteiger partial charge is 0.324 e. The zero-order valence-corrected chi connectivity index (χ0v) is 24.1. The number of aromatic nitrogens is 4. The van der Waals surface area contributed by atoms with E-state index in [4.69, 9.17) is 0 Å². The van der Waals surface area contributed by atoms with Crippen LogP contribution in [0.5, 0.6) is 0 Å². The number of rotatable bonds is 8. The number of halogens is 4. The van der Waals surface area contributed by atoms with E-state index in [1.165, 1.54) is 18.5 Å². The maximum Gasteiger partial charge on any atom is 0.416 e. The van der Waals surface area contributed by atoms with Crippen LogP contribution in [0.3, 0.4) is 0 Å². The summed E-state index contributed by atoms with van der Waals surface area (Å²) in [5.74, 6) is 0.685. The monoisotopic (exact) mass is 597 g/mol. The maximum absolute atomic E-state index is 14.0. The second kappa shape index (κ2) is 12.8. The van der Waals surface area contributed by atoms with E-state index in [0.29, 0.717) is 34.9 Å². The summed E-state index contributed by atoms with van der Waals surface area (Å²) < 4.78 is 41.9. The van der Waals surface area contributed by atoms with Gasteiger partial charge in [0.2, 0.25) is 5.95 Å². The Bertz CT molecular complexity index is 1540. The van der Waals surface area contributed by atoms with Gasteiger partial charge >= 0.3 is 6.18 Å². The van der Waals surface area contributed by atoms with Gasteiger partial charge in [-0.1, -0.05) is 26.0 Å². The van der Waals surface area contributed by atoms with E-state index in [9.17, 15) is 18.0 Å². The van der Waals surface area contributed by atoms with Crippen molar-refractivity contribution in [3.63, 3.8) is 0 Å². The molecule has 2 aromatic carbocycles. The molecule has 0 saturated carbocycles. The van der Waals surface area contributed by atoms with E-state index >= 15 is 0 Å². The van der Waals surface area contributed by atoms with Gasteiger partial charge in [0.15, 0.2) is 0 Å². The predicted molar refractivity (Wildman–Crippen MR) is 158 cm³/mol. The van der Waals surface area contributed by atoms with Crippen LogP contribution in [0, 0.1) is 18.8 Å². The molecule has 0 spiro atoms. The van der Waals surface area contributed by atoms with Crippen molar-refractivity contribution < 1.29 is 18.0 Å². The number of amides is 1. The van der Waals surface area contributed by atoms with Crippen molar-refractivity contribution in [2.45, 2.75) is 33.5 Å². The maximum atomic E-state index is 14.0. The van der Waals surface area contributed by atoms with Gasteiger partial charge in [-0.25, -0.2) is 19.9 Å². The molecule has 0 aliphatic carbocycles. The van der Waals surface area contributed by atoms with Gasteiger partial charge in [0.05, 0.1) is 11.3 Å². The minimum absolute atomic E-state index is 0. The second-order valence-corrected chi connectivity index (χ2v) is 10.6. The fourth-order valence-electron chi connectivity index (χ4n) is 4.69. The van der Waals surface area contributed by atoms with Crippen molar-refractivity contribution in [3.05, 3.63) is 89.6 Å². The summed E-state index contributed by atoms with van der Waals surface area (Å²) in [6, 6.07) is 10.7. The normalized spacial score (nSPS) is 13.8. The Balaban J connectivity index is 0.00000405. The van der Waals surface area contributed by atoms with Crippen LogP contribution in [-0.4, -0.2) is 43.8 Å². The van der Waals surface area contributed by atoms with Gasteiger partial charge in [-0.05, 0) is 60.2 Å². The highest BCUT2D eigenvalue weighted by Gasteiger charge is 2.36. The van der Waals surface area contributed by atoms with Gasteiger partial charge in [-0.2, -0.15) is 13.2 Å². The summed E-state index contributed by atoms with van der Waals surface area (Å²) >= 11 is 0. The summed E-state index contributed by atoms with van der Waals surface area (Å²) in [6.07, 6.45) is 1.75. The number of benzene rings is 2. The fraction of sp³-hybridized carbons (Fsp3) is 0.300. The quantitative estimate of drug-likeness (QED) is 0.231. The lowest BCUT2D eigenvalue weighted by atomic mass is 9.88. The van der Waals surface area contributed by atoms with Gasteiger partial charge in [0, 0.05) is 60.7 Å². The van der Waals surface area contributed by atoms with Gasteiger partial charge in [-0.3, -0.25) is 9.69 Å². The van der Waals surface area contributed by atoms with Crippen molar-refractivity contribution in [1.82, 2.24) is 24.8 Å². The molecule has 2 N–H and O–H groups in total. The molecule has 0 bridgehead atoms. The first-order valence-electron chi connectivity index (χ1n) is 13.3. The first-order valence-corrected chi connectivity index (χ1v) is 13.3. The number of likely N-dealkylation sites (tertiary alicyclic amines) is 1. The Morgan fingerprint density at radius 2 is 1.81 bits per heavy atom. The molecule has 220 valence electrons. The number of carbonyl (C=O) groups excluding carboxylic acids is 1.